The number of hydrogen-bond acceptors (Lipinski definition) is 4. The van der Waals surface area contributed by atoms with Gasteiger partial charge in [-0.25, -0.2) is 4.79 Å². The van der Waals surface area contributed by atoms with Crippen LogP contribution < -0.4 is 4.90 Å². The lowest BCUT2D eigenvalue weighted by atomic mass is 10.3. The van der Waals surface area contributed by atoms with E-state index in [1.807, 2.05) is 30.3 Å². The van der Waals surface area contributed by atoms with Gasteiger partial charge in [0.15, 0.2) is 0 Å². The summed E-state index contributed by atoms with van der Waals surface area (Å²) in [6.07, 6.45) is 0.715. The number of hydrogen-bond donors (Lipinski definition) is 2. The van der Waals surface area contributed by atoms with Crippen molar-refractivity contribution in [3.05, 3.63) is 30.3 Å². The van der Waals surface area contributed by atoms with E-state index in [9.17, 15) is 13.2 Å². The van der Waals surface area contributed by atoms with Gasteiger partial charge < -0.3 is 10.0 Å². The van der Waals surface area contributed by atoms with E-state index in [0.29, 0.717) is 25.9 Å². The largest absolute Gasteiger partial charge is 0.395 e. The number of urea groups is 1. The van der Waals surface area contributed by atoms with Crippen LogP contribution in [0.4, 0.5) is 10.5 Å². The number of rotatable bonds is 3. The molecule has 0 radical (unpaired) electrons. The van der Waals surface area contributed by atoms with Crippen LogP contribution >= 0.6 is 0 Å². The van der Waals surface area contributed by atoms with Crippen molar-refractivity contribution in [2.24, 2.45) is 0 Å². The average molecular weight is 302 g/mol. The summed E-state index contributed by atoms with van der Waals surface area (Å²) in [4.78, 5) is 15.2. The van der Waals surface area contributed by atoms with E-state index < -0.39 is 10.1 Å². The third-order valence-electron chi connectivity index (χ3n) is 2.53. The third-order valence-corrected chi connectivity index (χ3v) is 2.53. The summed E-state index contributed by atoms with van der Waals surface area (Å²) in [6, 6.07) is 9.57. The van der Waals surface area contributed by atoms with Crippen LogP contribution in [0.15, 0.2) is 30.3 Å². The predicted octanol–water partition coefficient (Wildman–Crippen LogP) is 0.425. The molecule has 20 heavy (non-hydrogen) atoms. The van der Waals surface area contributed by atoms with Gasteiger partial charge in [0.2, 0.25) is 0 Å². The molecule has 0 saturated carbocycles. The number of aliphatic hydroxyl groups is 1. The zero-order valence-electron chi connectivity index (χ0n) is 11.1. The van der Waals surface area contributed by atoms with Crippen LogP contribution in [0.2, 0.25) is 0 Å². The first-order valence-corrected chi connectivity index (χ1v) is 7.82. The molecule has 1 fully saturated rings. The fourth-order valence-corrected chi connectivity index (χ4v) is 1.76. The number of carbonyl (C=O) groups excluding carboxylic acids is 1. The van der Waals surface area contributed by atoms with Gasteiger partial charge in [0.25, 0.3) is 10.1 Å². The maximum absolute atomic E-state index is 11.8. The van der Waals surface area contributed by atoms with E-state index in [-0.39, 0.29) is 12.6 Å². The fraction of sp³-hybridized carbons (Fsp3) is 0.417. The van der Waals surface area contributed by atoms with Gasteiger partial charge in [0.05, 0.1) is 12.9 Å². The number of amides is 2. The van der Waals surface area contributed by atoms with Crippen molar-refractivity contribution in [3.8, 4) is 0 Å². The monoisotopic (exact) mass is 302 g/mol. The molecule has 7 nitrogen and oxygen atoms in total. The summed E-state index contributed by atoms with van der Waals surface area (Å²) in [5.41, 5.74) is 0.919. The number of aliphatic hydroxyl groups excluding tert-OH is 1. The Morgan fingerprint density at radius 3 is 2.25 bits per heavy atom. The summed E-state index contributed by atoms with van der Waals surface area (Å²) < 4.78 is 25.9. The smallest absolute Gasteiger partial charge is 0.324 e. The van der Waals surface area contributed by atoms with E-state index in [0.717, 1.165) is 5.69 Å². The highest BCUT2D eigenvalue weighted by Crippen LogP contribution is 2.19. The molecule has 0 unspecified atom stereocenters. The molecule has 0 atom stereocenters. The lowest BCUT2D eigenvalue weighted by Gasteiger charge is -2.17. The van der Waals surface area contributed by atoms with Crippen LogP contribution in [0.1, 0.15) is 0 Å². The zero-order valence-corrected chi connectivity index (χ0v) is 12.0. The molecule has 1 aliphatic rings. The molecule has 112 valence electrons. The van der Waals surface area contributed by atoms with Crippen molar-refractivity contribution in [1.29, 1.82) is 0 Å². The summed E-state index contributed by atoms with van der Waals surface area (Å²) in [6.45, 7) is 1.83. The maximum atomic E-state index is 11.8. The van der Waals surface area contributed by atoms with Crippen molar-refractivity contribution >= 4 is 21.8 Å². The van der Waals surface area contributed by atoms with Gasteiger partial charge in [0, 0.05) is 25.3 Å². The third kappa shape index (κ3) is 5.55. The maximum Gasteiger partial charge on any atom is 0.324 e. The van der Waals surface area contributed by atoms with Gasteiger partial charge in [0.1, 0.15) is 0 Å². The van der Waals surface area contributed by atoms with E-state index in [4.69, 9.17) is 9.66 Å². The Bertz CT molecular complexity index is 524. The Kier molecular flexibility index (Phi) is 5.93. The Balaban J connectivity index is 0.000000347. The zero-order chi connectivity index (χ0) is 15.2. The van der Waals surface area contributed by atoms with Crippen LogP contribution in [-0.4, -0.2) is 61.5 Å². The molecule has 2 rings (SSSR count). The molecule has 2 amide bonds. The van der Waals surface area contributed by atoms with Crippen molar-refractivity contribution in [2.45, 2.75) is 0 Å². The molecule has 1 aromatic carbocycles. The first kappa shape index (κ1) is 16.4. The number of benzene rings is 1. The van der Waals surface area contributed by atoms with E-state index in [1.54, 1.807) is 9.80 Å². The molecule has 1 saturated heterocycles. The van der Waals surface area contributed by atoms with E-state index in [2.05, 4.69) is 0 Å². The second kappa shape index (κ2) is 7.22. The van der Waals surface area contributed by atoms with Crippen molar-refractivity contribution in [3.63, 3.8) is 0 Å². The molecule has 1 heterocycles. The van der Waals surface area contributed by atoms with Crippen molar-refractivity contribution in [1.82, 2.24) is 4.90 Å². The van der Waals surface area contributed by atoms with Gasteiger partial charge in [-0.3, -0.25) is 9.45 Å². The van der Waals surface area contributed by atoms with Gasteiger partial charge in [-0.1, -0.05) is 18.2 Å². The standard InChI is InChI=1S/C11H14N2O2.CH4O3S/c14-9-8-12-6-7-13(11(12)15)10-4-2-1-3-5-10;1-5(2,3)4/h1-5,14H,6-9H2;1H3,(H,2,3,4). The minimum atomic E-state index is -3.67. The van der Waals surface area contributed by atoms with E-state index >= 15 is 0 Å². The van der Waals surface area contributed by atoms with Crippen LogP contribution in [0.3, 0.4) is 0 Å². The van der Waals surface area contributed by atoms with Crippen molar-refractivity contribution < 1.29 is 22.9 Å². The Morgan fingerprint density at radius 1 is 1.20 bits per heavy atom. The predicted molar refractivity (Wildman–Crippen MR) is 75.3 cm³/mol. The van der Waals surface area contributed by atoms with Gasteiger partial charge in [-0.2, -0.15) is 8.42 Å². The SMILES string of the molecule is CS(=O)(=O)O.O=C1N(CCO)CCN1c1ccccc1. The quantitative estimate of drug-likeness (QED) is 0.789. The lowest BCUT2D eigenvalue weighted by Crippen LogP contribution is -2.33. The van der Waals surface area contributed by atoms with Gasteiger partial charge in [-0.15, -0.1) is 0 Å². The molecule has 8 heteroatoms. The molecule has 1 aliphatic heterocycles. The molecule has 0 spiro atoms. The Labute approximate surface area is 118 Å². The number of nitrogens with zero attached hydrogens (tertiary/aromatic N) is 2. The summed E-state index contributed by atoms with van der Waals surface area (Å²) in [7, 11) is -3.67. The highest BCUT2D eigenvalue weighted by Gasteiger charge is 2.28. The molecule has 2 N–H and O–H groups in total. The Hall–Kier alpha value is -1.64. The van der Waals surface area contributed by atoms with Crippen LogP contribution in [-0.2, 0) is 10.1 Å². The van der Waals surface area contributed by atoms with Crippen LogP contribution in [0.25, 0.3) is 0 Å². The molecular weight excluding hydrogens is 284 g/mol. The average Bonchev–Trinajstić information content (AvgIpc) is 2.71. The second-order valence-corrected chi connectivity index (χ2v) is 5.68. The van der Waals surface area contributed by atoms with Crippen LogP contribution in [0.5, 0.6) is 0 Å². The number of β-amino-alcohol motifs (C(OH)–C–C–N with tert-alkyl or cyclic N) is 1. The molecule has 0 aromatic heterocycles. The topological polar surface area (TPSA) is 98.1 Å². The molecule has 0 aliphatic carbocycles. The van der Waals surface area contributed by atoms with Gasteiger partial charge in [-0.05, 0) is 12.1 Å². The van der Waals surface area contributed by atoms with Crippen molar-refractivity contribution in [2.75, 3.05) is 37.4 Å². The summed E-state index contributed by atoms with van der Waals surface area (Å²) in [5, 5.41) is 8.79. The summed E-state index contributed by atoms with van der Waals surface area (Å²) in [5.74, 6) is 0. The minimum absolute atomic E-state index is 0.0183. The molecule has 0 bridgehead atoms. The lowest BCUT2D eigenvalue weighted by molar-refractivity contribution is 0.199. The highest BCUT2D eigenvalue weighted by atomic mass is 32.2. The van der Waals surface area contributed by atoms with Crippen LogP contribution in [0, 0.1) is 0 Å². The first-order chi connectivity index (χ1) is 9.33. The molecular formula is C12H18N2O5S. The second-order valence-electron chi connectivity index (χ2n) is 4.21. The van der Waals surface area contributed by atoms with E-state index in [1.165, 1.54) is 0 Å². The normalized spacial score (nSPS) is 15.1. The first-order valence-electron chi connectivity index (χ1n) is 5.97. The van der Waals surface area contributed by atoms with Gasteiger partial charge >= 0.3 is 6.03 Å². The highest BCUT2D eigenvalue weighted by molar-refractivity contribution is 7.85. The number of anilines is 1. The minimum Gasteiger partial charge on any atom is -0.395 e. The number of carbonyl (C=O) groups is 1. The Morgan fingerprint density at radius 2 is 1.75 bits per heavy atom. The fourth-order valence-electron chi connectivity index (χ4n) is 1.76. The number of para-hydroxylation sites is 1. The summed E-state index contributed by atoms with van der Waals surface area (Å²) >= 11 is 0. The molecule has 1 aromatic rings.